The molecular formula is C28H26BrClN2O4S. The fourth-order valence-electron chi connectivity index (χ4n) is 3.58. The number of hydrogen-bond acceptors (Lipinski definition) is 6. The topological polar surface area (TPSA) is 60.4 Å². The molecule has 1 saturated heterocycles. The third-order valence-electron chi connectivity index (χ3n) is 5.41. The van der Waals surface area contributed by atoms with Crippen molar-refractivity contribution >= 4 is 62.1 Å². The van der Waals surface area contributed by atoms with Crippen LogP contribution in [0.25, 0.3) is 6.08 Å². The molecule has 0 unspecified atom stereocenters. The third kappa shape index (κ3) is 6.96. The Bertz CT molecular complexity index is 1320. The molecule has 0 aliphatic carbocycles. The van der Waals surface area contributed by atoms with Crippen molar-refractivity contribution in [2.45, 2.75) is 13.5 Å². The first-order chi connectivity index (χ1) is 18.0. The smallest absolute Gasteiger partial charge is 0.266 e. The van der Waals surface area contributed by atoms with Gasteiger partial charge in [-0.2, -0.15) is 0 Å². The van der Waals surface area contributed by atoms with Gasteiger partial charge in [0.15, 0.2) is 16.7 Å². The molecule has 9 heteroatoms. The quantitative estimate of drug-likeness (QED) is 0.180. The summed E-state index contributed by atoms with van der Waals surface area (Å²) in [6, 6.07) is 20.8. The molecule has 192 valence electrons. The van der Waals surface area contributed by atoms with Gasteiger partial charge in [0.05, 0.1) is 35.3 Å². The molecule has 1 fully saturated rings. The van der Waals surface area contributed by atoms with Crippen molar-refractivity contribution in [3.63, 3.8) is 0 Å². The molecule has 0 aromatic heterocycles. The number of carbonyl (C=O) groups is 1. The molecule has 4 rings (SSSR count). The largest absolute Gasteiger partial charge is 0.493 e. The van der Waals surface area contributed by atoms with E-state index in [4.69, 9.17) is 30.8 Å². The van der Waals surface area contributed by atoms with Gasteiger partial charge in [-0.05, 0) is 76.6 Å². The minimum Gasteiger partial charge on any atom is -0.493 e. The summed E-state index contributed by atoms with van der Waals surface area (Å²) < 4.78 is 17.8. The lowest BCUT2D eigenvalue weighted by Gasteiger charge is -2.15. The molecule has 6 nitrogen and oxygen atoms in total. The van der Waals surface area contributed by atoms with Crippen molar-refractivity contribution in [3.05, 3.63) is 92.3 Å². The molecule has 0 atom stereocenters. The van der Waals surface area contributed by atoms with Crippen LogP contribution in [0.2, 0.25) is 5.02 Å². The maximum absolute atomic E-state index is 13.3. The monoisotopic (exact) mass is 600 g/mol. The number of hydrogen-bond donors (Lipinski definition) is 0. The van der Waals surface area contributed by atoms with Crippen molar-refractivity contribution in [3.8, 4) is 11.5 Å². The van der Waals surface area contributed by atoms with Crippen molar-refractivity contribution in [1.29, 1.82) is 0 Å². The van der Waals surface area contributed by atoms with Crippen molar-refractivity contribution in [2.75, 3.05) is 26.9 Å². The number of benzene rings is 3. The number of thioether (sulfide) groups is 1. The van der Waals surface area contributed by atoms with E-state index in [0.29, 0.717) is 50.8 Å². The molecule has 3 aromatic rings. The van der Waals surface area contributed by atoms with Crippen LogP contribution in [0.15, 0.2) is 81.1 Å². The molecule has 1 aliphatic rings. The number of methoxy groups -OCH3 is 1. The second kappa shape index (κ2) is 13.1. The van der Waals surface area contributed by atoms with E-state index in [2.05, 4.69) is 15.9 Å². The van der Waals surface area contributed by atoms with Gasteiger partial charge in [-0.3, -0.25) is 9.69 Å². The van der Waals surface area contributed by atoms with Gasteiger partial charge in [-0.1, -0.05) is 48.0 Å². The molecule has 37 heavy (non-hydrogen) atoms. The van der Waals surface area contributed by atoms with E-state index in [1.807, 2.05) is 79.7 Å². The number of ether oxygens (including phenoxy) is 3. The highest BCUT2D eigenvalue weighted by molar-refractivity contribution is 9.10. The molecule has 0 bridgehead atoms. The molecule has 0 radical (unpaired) electrons. The molecule has 1 amide bonds. The number of aliphatic imine (C=N–C) groups is 1. The predicted octanol–water partition coefficient (Wildman–Crippen LogP) is 7.33. The zero-order chi connectivity index (χ0) is 26.2. The molecule has 1 aliphatic heterocycles. The lowest BCUT2D eigenvalue weighted by atomic mass is 10.1. The third-order valence-corrected chi connectivity index (χ3v) is 7.38. The highest BCUT2D eigenvalue weighted by atomic mass is 79.9. The Morgan fingerprint density at radius 1 is 1.11 bits per heavy atom. The van der Waals surface area contributed by atoms with E-state index in [9.17, 15) is 4.79 Å². The molecule has 0 N–H and O–H groups in total. The fourth-order valence-corrected chi connectivity index (χ4v) is 5.37. The van der Waals surface area contributed by atoms with E-state index in [1.165, 1.54) is 11.8 Å². The predicted molar refractivity (Wildman–Crippen MR) is 154 cm³/mol. The van der Waals surface area contributed by atoms with E-state index in [1.54, 1.807) is 12.0 Å². The Morgan fingerprint density at radius 3 is 2.59 bits per heavy atom. The van der Waals surface area contributed by atoms with Gasteiger partial charge in [-0.15, -0.1) is 0 Å². The van der Waals surface area contributed by atoms with Crippen molar-refractivity contribution in [1.82, 2.24) is 4.90 Å². The second-order valence-corrected chi connectivity index (χ2v) is 10.2. The van der Waals surface area contributed by atoms with Gasteiger partial charge in [-0.25, -0.2) is 4.99 Å². The number of nitrogens with zero attached hydrogens (tertiary/aromatic N) is 2. The Morgan fingerprint density at radius 2 is 1.86 bits per heavy atom. The number of amidine groups is 1. The average Bonchev–Trinajstić information content (AvgIpc) is 3.18. The van der Waals surface area contributed by atoms with Gasteiger partial charge in [0.25, 0.3) is 5.91 Å². The Balaban J connectivity index is 1.60. The Hall–Kier alpha value is -2.78. The molecule has 0 spiro atoms. The van der Waals surface area contributed by atoms with Crippen LogP contribution < -0.4 is 9.47 Å². The second-order valence-electron chi connectivity index (χ2n) is 7.91. The molecular weight excluding hydrogens is 576 g/mol. The molecule has 1 heterocycles. The zero-order valence-electron chi connectivity index (χ0n) is 20.4. The fraction of sp³-hybridized carbons (Fsp3) is 0.214. The van der Waals surface area contributed by atoms with Crippen LogP contribution in [-0.4, -0.2) is 42.8 Å². The van der Waals surface area contributed by atoms with Crippen LogP contribution in [-0.2, 0) is 16.1 Å². The number of rotatable bonds is 10. The minimum absolute atomic E-state index is 0.117. The van der Waals surface area contributed by atoms with Crippen molar-refractivity contribution in [2.24, 2.45) is 4.99 Å². The molecule has 3 aromatic carbocycles. The van der Waals surface area contributed by atoms with E-state index in [-0.39, 0.29) is 12.5 Å². The summed E-state index contributed by atoms with van der Waals surface area (Å²) in [7, 11) is 1.58. The SMILES string of the molecule is CCOCCN1C(=O)/C(=C\c2cc(Br)c(OCc3ccccc3Cl)c(OC)c2)SC1=Nc1ccccc1. The molecule has 0 saturated carbocycles. The maximum Gasteiger partial charge on any atom is 0.266 e. The summed E-state index contributed by atoms with van der Waals surface area (Å²) in [5.41, 5.74) is 2.44. The van der Waals surface area contributed by atoms with Crippen LogP contribution in [0.3, 0.4) is 0 Å². The summed E-state index contributed by atoms with van der Waals surface area (Å²) in [5, 5.41) is 1.26. The van der Waals surface area contributed by atoms with Gasteiger partial charge in [0, 0.05) is 17.2 Å². The summed E-state index contributed by atoms with van der Waals surface area (Å²) >= 11 is 11.2. The van der Waals surface area contributed by atoms with E-state index in [0.717, 1.165) is 16.8 Å². The number of halogens is 2. The Kier molecular flexibility index (Phi) is 9.68. The normalized spacial score (nSPS) is 15.6. The lowest BCUT2D eigenvalue weighted by molar-refractivity contribution is -0.122. The van der Waals surface area contributed by atoms with Gasteiger partial charge >= 0.3 is 0 Å². The van der Waals surface area contributed by atoms with Gasteiger partial charge in [0.1, 0.15) is 6.61 Å². The van der Waals surface area contributed by atoms with Gasteiger partial charge < -0.3 is 14.2 Å². The van der Waals surface area contributed by atoms with Crippen LogP contribution in [0.1, 0.15) is 18.1 Å². The van der Waals surface area contributed by atoms with E-state index >= 15 is 0 Å². The number of carbonyl (C=O) groups excluding carboxylic acids is 1. The van der Waals surface area contributed by atoms with Crippen LogP contribution in [0.4, 0.5) is 5.69 Å². The van der Waals surface area contributed by atoms with Crippen molar-refractivity contribution < 1.29 is 19.0 Å². The highest BCUT2D eigenvalue weighted by Gasteiger charge is 2.33. The van der Waals surface area contributed by atoms with Crippen LogP contribution in [0, 0.1) is 0 Å². The number of para-hydroxylation sites is 1. The Labute approximate surface area is 234 Å². The van der Waals surface area contributed by atoms with E-state index < -0.39 is 0 Å². The summed E-state index contributed by atoms with van der Waals surface area (Å²) in [6.07, 6.45) is 1.83. The number of amides is 1. The first kappa shape index (κ1) is 27.3. The average molecular weight is 602 g/mol. The lowest BCUT2D eigenvalue weighted by Crippen LogP contribution is -2.32. The standard InChI is InChI=1S/C28H26BrClN2O4S/c1-3-35-14-13-32-27(33)25(37-28(32)31-21-10-5-4-6-11-21)17-19-15-22(29)26(24(16-19)34-2)36-18-20-9-7-8-12-23(20)30/h4-12,15-17H,3,13-14,18H2,1-2H3/b25-17+,31-28?. The highest BCUT2D eigenvalue weighted by Crippen LogP contribution is 2.40. The van der Waals surface area contributed by atoms with Crippen LogP contribution in [0.5, 0.6) is 11.5 Å². The summed E-state index contributed by atoms with van der Waals surface area (Å²) in [6.45, 7) is 3.66. The zero-order valence-corrected chi connectivity index (χ0v) is 23.6. The minimum atomic E-state index is -0.117. The maximum atomic E-state index is 13.3. The first-order valence-corrected chi connectivity index (χ1v) is 13.7. The first-order valence-electron chi connectivity index (χ1n) is 11.7. The van der Waals surface area contributed by atoms with Gasteiger partial charge in [0.2, 0.25) is 0 Å². The van der Waals surface area contributed by atoms with Crippen LogP contribution >= 0.6 is 39.3 Å². The summed E-state index contributed by atoms with van der Waals surface area (Å²) in [4.78, 5) is 20.3. The summed E-state index contributed by atoms with van der Waals surface area (Å²) in [5.74, 6) is 0.975.